The number of anilines is 2. The van der Waals surface area contributed by atoms with E-state index >= 15 is 0 Å². The van der Waals surface area contributed by atoms with Gasteiger partial charge in [0.1, 0.15) is 23.4 Å². The van der Waals surface area contributed by atoms with Crippen molar-refractivity contribution in [2.75, 3.05) is 69.8 Å². The second kappa shape index (κ2) is 20.0. The third kappa shape index (κ3) is 11.7. The van der Waals surface area contributed by atoms with Crippen LogP contribution in [0, 0.1) is 5.92 Å². The summed E-state index contributed by atoms with van der Waals surface area (Å²) in [6, 6.07) is 28.5. The van der Waals surface area contributed by atoms with Gasteiger partial charge in [-0.2, -0.15) is 13.2 Å². The molecule has 2 fully saturated rings. The van der Waals surface area contributed by atoms with Crippen LogP contribution in [-0.4, -0.2) is 75.8 Å². The summed E-state index contributed by atoms with van der Waals surface area (Å²) >= 11 is 0. The molecule has 1 N–H and O–H groups in total. The lowest BCUT2D eigenvalue weighted by molar-refractivity contribution is -0.137. The van der Waals surface area contributed by atoms with E-state index in [1.165, 1.54) is 18.6 Å². The maximum Gasteiger partial charge on any atom is 0.416 e. The number of nitrogens with zero attached hydrogens (tertiary/aromatic N) is 4. The molecule has 1 aliphatic heterocycles. The molecular formula is C42H52F3N5O3. The van der Waals surface area contributed by atoms with Crippen LogP contribution in [-0.2, 0) is 11.0 Å². The molecule has 11 heteroatoms. The van der Waals surface area contributed by atoms with Crippen LogP contribution in [0.1, 0.15) is 55.8 Å². The van der Waals surface area contributed by atoms with Crippen LogP contribution in [0.15, 0.2) is 103 Å². The third-order valence-electron chi connectivity index (χ3n) is 9.87. The van der Waals surface area contributed by atoms with Crippen molar-refractivity contribution in [2.24, 2.45) is 5.92 Å². The van der Waals surface area contributed by atoms with Gasteiger partial charge in [0.25, 0.3) is 0 Å². The van der Waals surface area contributed by atoms with Gasteiger partial charge < -0.3 is 19.7 Å². The zero-order valence-electron chi connectivity index (χ0n) is 30.8. The highest BCUT2D eigenvalue weighted by atomic mass is 19.4. The van der Waals surface area contributed by atoms with E-state index in [2.05, 4.69) is 32.2 Å². The number of halogens is 3. The molecule has 1 aromatic heterocycles. The molecule has 1 atom stereocenters. The summed E-state index contributed by atoms with van der Waals surface area (Å²) < 4.78 is 49.1. The largest absolute Gasteiger partial charge is 0.495 e. The molecule has 6 rings (SSSR count). The smallest absolute Gasteiger partial charge is 0.416 e. The number of pyridine rings is 1. The number of piperazine rings is 1. The van der Waals surface area contributed by atoms with Crippen molar-refractivity contribution in [3.05, 3.63) is 114 Å². The highest BCUT2D eigenvalue weighted by molar-refractivity contribution is 5.94. The molecule has 1 aliphatic carbocycles. The molecule has 0 bridgehead atoms. The summed E-state index contributed by atoms with van der Waals surface area (Å²) in [6.07, 6.45) is 3.58. The Morgan fingerprint density at radius 1 is 0.887 bits per heavy atom. The number of alkyl halides is 3. The topological polar surface area (TPSA) is 70.2 Å². The number of benzene rings is 3. The van der Waals surface area contributed by atoms with E-state index in [-0.39, 0.29) is 17.9 Å². The molecule has 1 unspecified atom stereocenters. The van der Waals surface area contributed by atoms with Gasteiger partial charge in [0.2, 0.25) is 5.91 Å². The molecule has 8 nitrogen and oxygen atoms in total. The molecule has 4 aromatic rings. The minimum Gasteiger partial charge on any atom is -0.495 e. The standard InChI is InChI=1S/C25H34N4O2.C17H18F3NO/c1-31-23-12-6-5-11-22(23)28-18-15-27(16-19-28)17-20-29(24-13-7-8-14-26-24)25(30)21-9-3-2-4-10-21;1-21-12-11-16(13-5-3-2-4-6-13)22-15-9-7-14(8-10-15)17(18,19)20/h5-8,11-14,21H,2-4,9-10,15-20H2,1H3;2-10,16,21H,11-12H2,1H3. The van der Waals surface area contributed by atoms with Crippen LogP contribution in [0.5, 0.6) is 11.5 Å². The molecule has 3 aromatic carbocycles. The van der Waals surface area contributed by atoms with Gasteiger partial charge >= 0.3 is 6.18 Å². The van der Waals surface area contributed by atoms with E-state index in [1.54, 1.807) is 13.3 Å². The molecule has 284 valence electrons. The quantitative estimate of drug-likeness (QED) is 0.149. The number of methoxy groups -OCH3 is 1. The van der Waals surface area contributed by atoms with Crippen LogP contribution >= 0.6 is 0 Å². The lowest BCUT2D eigenvalue weighted by Gasteiger charge is -2.37. The zero-order chi connectivity index (χ0) is 37.5. The molecule has 1 saturated heterocycles. The first-order valence-electron chi connectivity index (χ1n) is 18.6. The highest BCUT2D eigenvalue weighted by Gasteiger charge is 2.31. The van der Waals surface area contributed by atoms with E-state index in [9.17, 15) is 18.0 Å². The number of rotatable bonds is 13. The fourth-order valence-electron chi connectivity index (χ4n) is 6.89. The second-order valence-corrected chi connectivity index (χ2v) is 13.4. The predicted molar refractivity (Wildman–Crippen MR) is 205 cm³/mol. The van der Waals surface area contributed by atoms with Crippen molar-refractivity contribution >= 4 is 17.4 Å². The Kier molecular flexibility index (Phi) is 14.9. The van der Waals surface area contributed by atoms with Crippen LogP contribution in [0.25, 0.3) is 0 Å². The van der Waals surface area contributed by atoms with Crippen molar-refractivity contribution in [3.8, 4) is 11.5 Å². The number of hydrogen-bond acceptors (Lipinski definition) is 7. The first-order chi connectivity index (χ1) is 25.8. The fourth-order valence-corrected chi connectivity index (χ4v) is 6.89. The Hall–Kier alpha value is -4.61. The van der Waals surface area contributed by atoms with Crippen LogP contribution in [0.2, 0.25) is 0 Å². The summed E-state index contributed by atoms with van der Waals surface area (Å²) in [7, 11) is 3.57. The Bertz CT molecular complexity index is 1650. The molecule has 2 aliphatic rings. The van der Waals surface area contributed by atoms with Gasteiger partial charge in [-0.3, -0.25) is 14.6 Å². The fraction of sp³-hybridized carbons (Fsp3) is 0.429. The van der Waals surface area contributed by atoms with Crippen molar-refractivity contribution in [1.82, 2.24) is 15.2 Å². The van der Waals surface area contributed by atoms with Crippen LogP contribution in [0.3, 0.4) is 0 Å². The molecule has 1 saturated carbocycles. The Morgan fingerprint density at radius 2 is 1.57 bits per heavy atom. The summed E-state index contributed by atoms with van der Waals surface area (Å²) in [5.41, 5.74) is 1.48. The third-order valence-corrected chi connectivity index (χ3v) is 9.87. The Morgan fingerprint density at radius 3 is 2.21 bits per heavy atom. The first kappa shape index (κ1) is 39.6. The van der Waals surface area contributed by atoms with E-state index in [0.29, 0.717) is 12.3 Å². The van der Waals surface area contributed by atoms with E-state index in [1.807, 2.05) is 72.6 Å². The van der Waals surface area contributed by atoms with Gasteiger partial charge in [0, 0.05) is 57.8 Å². The van der Waals surface area contributed by atoms with Crippen molar-refractivity contribution in [3.63, 3.8) is 0 Å². The number of carbonyl (C=O) groups excluding carboxylic acids is 1. The number of amides is 1. The molecule has 0 radical (unpaired) electrons. The Balaban J connectivity index is 0.000000217. The van der Waals surface area contributed by atoms with Crippen LogP contribution in [0.4, 0.5) is 24.7 Å². The van der Waals surface area contributed by atoms with Gasteiger partial charge in [0.15, 0.2) is 0 Å². The number of ether oxygens (including phenoxy) is 2. The minimum atomic E-state index is -4.33. The second-order valence-electron chi connectivity index (χ2n) is 13.4. The predicted octanol–water partition coefficient (Wildman–Crippen LogP) is 8.26. The minimum absolute atomic E-state index is 0.151. The zero-order valence-corrected chi connectivity index (χ0v) is 30.8. The number of aromatic nitrogens is 1. The van der Waals surface area contributed by atoms with Gasteiger partial charge in [-0.1, -0.05) is 67.8 Å². The van der Waals surface area contributed by atoms with E-state index in [0.717, 1.165) is 106 Å². The number of nitrogens with one attached hydrogen (secondary N) is 1. The summed E-state index contributed by atoms with van der Waals surface area (Å²) in [5, 5.41) is 3.05. The molecular weight excluding hydrogens is 679 g/mol. The summed E-state index contributed by atoms with van der Waals surface area (Å²) in [4.78, 5) is 24.6. The molecule has 0 spiro atoms. The summed E-state index contributed by atoms with van der Waals surface area (Å²) in [5.74, 6) is 2.54. The highest BCUT2D eigenvalue weighted by Crippen LogP contribution is 2.32. The number of para-hydroxylation sites is 2. The average molecular weight is 732 g/mol. The summed E-state index contributed by atoms with van der Waals surface area (Å²) in [6.45, 7) is 6.19. The van der Waals surface area contributed by atoms with Gasteiger partial charge in [-0.05, 0) is 80.5 Å². The SMILES string of the molecule is CNCCC(Oc1ccc(C(F)(F)F)cc1)c1ccccc1.COc1ccccc1N1CCN(CCN(C(=O)C2CCCCC2)c2ccccn2)CC1. The molecule has 2 heterocycles. The lowest BCUT2D eigenvalue weighted by atomic mass is 9.88. The van der Waals surface area contributed by atoms with Crippen molar-refractivity contribution in [1.29, 1.82) is 0 Å². The van der Waals surface area contributed by atoms with Crippen LogP contribution < -0.4 is 24.6 Å². The normalized spacial score (nSPS) is 15.9. The first-order valence-corrected chi connectivity index (χ1v) is 18.6. The average Bonchev–Trinajstić information content (AvgIpc) is 3.21. The van der Waals surface area contributed by atoms with Crippen molar-refractivity contribution < 1.29 is 27.4 Å². The number of hydrogen-bond donors (Lipinski definition) is 1. The molecule has 53 heavy (non-hydrogen) atoms. The number of carbonyl (C=O) groups is 1. The van der Waals surface area contributed by atoms with Gasteiger partial charge in [-0.15, -0.1) is 0 Å². The van der Waals surface area contributed by atoms with Gasteiger partial charge in [-0.25, -0.2) is 4.98 Å². The van der Waals surface area contributed by atoms with Gasteiger partial charge in [0.05, 0.1) is 18.4 Å². The lowest BCUT2D eigenvalue weighted by Crippen LogP contribution is -2.50. The van der Waals surface area contributed by atoms with Crippen molar-refractivity contribution in [2.45, 2.75) is 50.8 Å². The maximum absolute atomic E-state index is 13.3. The molecule has 1 amide bonds. The van der Waals surface area contributed by atoms with E-state index in [4.69, 9.17) is 9.47 Å². The van der Waals surface area contributed by atoms with E-state index < -0.39 is 11.7 Å². The maximum atomic E-state index is 13.3. The Labute approximate surface area is 311 Å². The monoisotopic (exact) mass is 731 g/mol.